The molecule has 0 aliphatic carbocycles. The Morgan fingerprint density at radius 1 is 1.39 bits per heavy atom. The SMILES string of the molecule is Nc1nnc(N[C@H](Cc2ccccc2)C(=O)O)s1. The molecule has 94 valence electrons. The van der Waals surface area contributed by atoms with Gasteiger partial charge in [0.15, 0.2) is 0 Å². The number of rotatable bonds is 5. The van der Waals surface area contributed by atoms with Gasteiger partial charge in [-0.25, -0.2) is 4.79 Å². The van der Waals surface area contributed by atoms with Crippen LogP contribution in [0.1, 0.15) is 5.56 Å². The Balaban J connectivity index is 2.07. The molecule has 18 heavy (non-hydrogen) atoms. The second-order valence-corrected chi connectivity index (χ2v) is 4.68. The quantitative estimate of drug-likeness (QED) is 0.750. The highest BCUT2D eigenvalue weighted by Crippen LogP contribution is 2.18. The maximum absolute atomic E-state index is 11.2. The topological polar surface area (TPSA) is 101 Å². The molecule has 0 saturated carbocycles. The molecule has 1 heterocycles. The highest BCUT2D eigenvalue weighted by molar-refractivity contribution is 7.18. The molecule has 2 aromatic rings. The first kappa shape index (κ1) is 12.3. The summed E-state index contributed by atoms with van der Waals surface area (Å²) >= 11 is 1.13. The lowest BCUT2D eigenvalue weighted by molar-refractivity contribution is -0.137. The van der Waals surface area contributed by atoms with Crippen LogP contribution in [-0.4, -0.2) is 27.3 Å². The third-order valence-electron chi connectivity index (χ3n) is 2.32. The van der Waals surface area contributed by atoms with E-state index in [1.165, 1.54) is 0 Å². The summed E-state index contributed by atoms with van der Waals surface area (Å²) in [6, 6.07) is 8.64. The van der Waals surface area contributed by atoms with Gasteiger partial charge in [-0.2, -0.15) is 0 Å². The smallest absolute Gasteiger partial charge is 0.326 e. The Morgan fingerprint density at radius 2 is 2.11 bits per heavy atom. The van der Waals surface area contributed by atoms with E-state index in [4.69, 9.17) is 10.8 Å². The summed E-state index contributed by atoms with van der Waals surface area (Å²) in [7, 11) is 0. The monoisotopic (exact) mass is 264 g/mol. The molecule has 0 amide bonds. The van der Waals surface area contributed by atoms with Crippen molar-refractivity contribution in [1.29, 1.82) is 0 Å². The van der Waals surface area contributed by atoms with Crippen molar-refractivity contribution in [3.8, 4) is 0 Å². The second-order valence-electron chi connectivity index (χ2n) is 3.67. The molecular weight excluding hydrogens is 252 g/mol. The molecule has 2 rings (SSSR count). The first-order valence-electron chi connectivity index (χ1n) is 5.27. The van der Waals surface area contributed by atoms with Crippen LogP contribution in [0.15, 0.2) is 30.3 Å². The van der Waals surface area contributed by atoms with E-state index in [0.29, 0.717) is 16.7 Å². The van der Waals surface area contributed by atoms with Crippen molar-refractivity contribution in [2.24, 2.45) is 0 Å². The van der Waals surface area contributed by atoms with Crippen LogP contribution in [0, 0.1) is 0 Å². The van der Waals surface area contributed by atoms with E-state index in [1.807, 2.05) is 30.3 Å². The minimum Gasteiger partial charge on any atom is -0.480 e. The van der Waals surface area contributed by atoms with Gasteiger partial charge in [0.05, 0.1) is 0 Å². The lowest BCUT2D eigenvalue weighted by Crippen LogP contribution is -2.31. The Kier molecular flexibility index (Phi) is 3.73. The Morgan fingerprint density at radius 3 is 2.67 bits per heavy atom. The fraction of sp³-hybridized carbons (Fsp3) is 0.182. The zero-order chi connectivity index (χ0) is 13.0. The first-order valence-corrected chi connectivity index (χ1v) is 6.09. The summed E-state index contributed by atoms with van der Waals surface area (Å²) in [6.45, 7) is 0. The van der Waals surface area contributed by atoms with Gasteiger partial charge in [0, 0.05) is 6.42 Å². The van der Waals surface area contributed by atoms with E-state index in [2.05, 4.69) is 15.5 Å². The number of benzene rings is 1. The third-order valence-corrected chi connectivity index (χ3v) is 3.00. The standard InChI is InChI=1S/C11H12N4O2S/c12-10-14-15-11(18-10)13-8(9(16)17)6-7-4-2-1-3-5-7/h1-5,8H,6H2,(H2,12,14)(H,13,15)(H,16,17)/t8-/m1/s1. The molecule has 7 heteroatoms. The minimum atomic E-state index is -0.937. The molecule has 0 unspecified atom stereocenters. The molecule has 1 aromatic heterocycles. The Hall–Kier alpha value is -2.15. The molecule has 0 bridgehead atoms. The van der Waals surface area contributed by atoms with E-state index in [0.717, 1.165) is 16.9 Å². The number of nitrogens with zero attached hydrogens (tertiary/aromatic N) is 2. The van der Waals surface area contributed by atoms with Gasteiger partial charge in [-0.15, -0.1) is 10.2 Å². The number of carbonyl (C=O) groups is 1. The molecule has 0 aliphatic heterocycles. The van der Waals surface area contributed by atoms with Crippen LogP contribution in [0.3, 0.4) is 0 Å². The van der Waals surface area contributed by atoms with Crippen molar-refractivity contribution in [3.05, 3.63) is 35.9 Å². The van der Waals surface area contributed by atoms with Gasteiger partial charge in [0.2, 0.25) is 10.3 Å². The largest absolute Gasteiger partial charge is 0.480 e. The summed E-state index contributed by atoms with van der Waals surface area (Å²) in [5, 5.41) is 20.1. The summed E-state index contributed by atoms with van der Waals surface area (Å²) in [5.74, 6) is -0.937. The number of aliphatic carboxylic acids is 1. The number of aromatic nitrogens is 2. The average Bonchev–Trinajstić information content (AvgIpc) is 2.75. The van der Waals surface area contributed by atoms with E-state index < -0.39 is 12.0 Å². The first-order chi connectivity index (χ1) is 8.65. The van der Waals surface area contributed by atoms with Gasteiger partial charge >= 0.3 is 5.97 Å². The molecule has 0 spiro atoms. The van der Waals surface area contributed by atoms with Crippen molar-refractivity contribution in [2.45, 2.75) is 12.5 Å². The van der Waals surface area contributed by atoms with Crippen molar-refractivity contribution in [1.82, 2.24) is 10.2 Å². The van der Waals surface area contributed by atoms with Crippen LogP contribution >= 0.6 is 11.3 Å². The number of carboxylic acids is 1. The molecule has 0 fully saturated rings. The second kappa shape index (κ2) is 5.46. The van der Waals surface area contributed by atoms with Gasteiger partial charge in [-0.1, -0.05) is 41.7 Å². The van der Waals surface area contributed by atoms with Crippen molar-refractivity contribution < 1.29 is 9.90 Å². The predicted octanol–water partition coefficient (Wildman–Crippen LogP) is 1.23. The minimum absolute atomic E-state index is 0.307. The predicted molar refractivity (Wildman–Crippen MR) is 69.5 cm³/mol. The number of anilines is 2. The number of hydrogen-bond donors (Lipinski definition) is 3. The highest BCUT2D eigenvalue weighted by atomic mass is 32.1. The summed E-state index contributed by atoms with van der Waals surface area (Å²) in [5.41, 5.74) is 6.38. The summed E-state index contributed by atoms with van der Waals surface area (Å²) < 4.78 is 0. The van der Waals surface area contributed by atoms with Gasteiger partial charge in [-0.3, -0.25) is 0 Å². The molecule has 0 aliphatic rings. The van der Waals surface area contributed by atoms with Crippen LogP contribution in [-0.2, 0) is 11.2 Å². The summed E-state index contributed by atoms with van der Waals surface area (Å²) in [4.78, 5) is 11.2. The van der Waals surface area contributed by atoms with Crippen LogP contribution in [0.2, 0.25) is 0 Å². The van der Waals surface area contributed by atoms with Crippen LogP contribution in [0.5, 0.6) is 0 Å². The lowest BCUT2D eigenvalue weighted by atomic mass is 10.1. The van der Waals surface area contributed by atoms with E-state index in [9.17, 15) is 4.79 Å². The molecule has 0 radical (unpaired) electrons. The molecular formula is C11H12N4O2S. The zero-order valence-electron chi connectivity index (χ0n) is 9.41. The highest BCUT2D eigenvalue weighted by Gasteiger charge is 2.19. The van der Waals surface area contributed by atoms with Gasteiger partial charge in [-0.05, 0) is 5.56 Å². The van der Waals surface area contributed by atoms with E-state index in [1.54, 1.807) is 0 Å². The number of nitrogens with two attached hydrogens (primary N) is 1. The molecule has 4 N–H and O–H groups in total. The maximum Gasteiger partial charge on any atom is 0.326 e. The number of carboxylic acid groups (broad SMARTS) is 1. The van der Waals surface area contributed by atoms with E-state index >= 15 is 0 Å². The van der Waals surface area contributed by atoms with E-state index in [-0.39, 0.29) is 0 Å². The van der Waals surface area contributed by atoms with Crippen molar-refractivity contribution in [2.75, 3.05) is 11.1 Å². The lowest BCUT2D eigenvalue weighted by Gasteiger charge is -2.12. The fourth-order valence-electron chi connectivity index (χ4n) is 1.49. The van der Waals surface area contributed by atoms with Crippen molar-refractivity contribution in [3.63, 3.8) is 0 Å². The van der Waals surface area contributed by atoms with Gasteiger partial charge < -0.3 is 16.2 Å². The molecule has 1 aromatic carbocycles. The Bertz CT molecular complexity index is 529. The van der Waals surface area contributed by atoms with Crippen molar-refractivity contribution >= 4 is 27.6 Å². The van der Waals surface area contributed by atoms with Crippen LogP contribution in [0.4, 0.5) is 10.3 Å². The molecule has 0 saturated heterocycles. The number of nitrogens with one attached hydrogen (secondary N) is 1. The van der Waals surface area contributed by atoms with Crippen LogP contribution < -0.4 is 11.1 Å². The normalized spacial score (nSPS) is 12.0. The molecule has 6 nitrogen and oxygen atoms in total. The van der Waals surface area contributed by atoms with Gasteiger partial charge in [0.25, 0.3) is 0 Å². The number of hydrogen-bond acceptors (Lipinski definition) is 6. The average molecular weight is 264 g/mol. The third kappa shape index (κ3) is 3.17. The summed E-state index contributed by atoms with van der Waals surface area (Å²) in [6.07, 6.45) is 0.371. The Labute approximate surface area is 107 Å². The zero-order valence-corrected chi connectivity index (χ0v) is 10.2. The fourth-order valence-corrected chi connectivity index (χ4v) is 2.05. The molecule has 1 atom stereocenters. The van der Waals surface area contributed by atoms with Gasteiger partial charge in [0.1, 0.15) is 6.04 Å². The maximum atomic E-state index is 11.2. The van der Waals surface area contributed by atoms with Crippen LogP contribution in [0.25, 0.3) is 0 Å². The number of nitrogen functional groups attached to an aromatic ring is 1.